The monoisotopic (exact) mass is 199 g/mol. The minimum atomic E-state index is 0.291. The van der Waals surface area contributed by atoms with Crippen molar-refractivity contribution < 1.29 is 0 Å². The first-order chi connectivity index (χ1) is 6.47. The lowest BCUT2D eigenvalue weighted by atomic mass is 10.1. The molecular weight excluding hydrogens is 174 g/mol. The fraction of sp³-hybridized carbons (Fsp3) is 0.909. The molecule has 1 atom stereocenters. The van der Waals surface area contributed by atoms with Crippen LogP contribution in [0.5, 0.6) is 0 Å². The van der Waals surface area contributed by atoms with Gasteiger partial charge in [-0.1, -0.05) is 20.3 Å². The van der Waals surface area contributed by atoms with Crippen LogP contribution in [0.1, 0.15) is 40.5 Å². The van der Waals surface area contributed by atoms with E-state index in [1.165, 1.54) is 6.42 Å². The molecule has 0 aromatic rings. The van der Waals surface area contributed by atoms with E-state index in [2.05, 4.69) is 32.6 Å². The predicted octanol–water partition coefficient (Wildman–Crippen LogP) is 2.07. The molecule has 0 heterocycles. The Kier molecular flexibility index (Phi) is 6.54. The second kappa shape index (κ2) is 6.82. The second-order valence-corrected chi connectivity index (χ2v) is 4.38. The first kappa shape index (κ1) is 13.4. The fourth-order valence-electron chi connectivity index (χ4n) is 1.35. The van der Waals surface area contributed by atoms with Gasteiger partial charge >= 0.3 is 0 Å². The topological polar surface area (TPSA) is 53.1 Å². The van der Waals surface area contributed by atoms with Gasteiger partial charge in [0.05, 0.1) is 5.84 Å². The maximum Gasteiger partial charge on any atom is 0.0918 e. The van der Waals surface area contributed by atoms with Gasteiger partial charge in [0.2, 0.25) is 0 Å². The quantitative estimate of drug-likeness (QED) is 0.487. The Morgan fingerprint density at radius 3 is 2.29 bits per heavy atom. The van der Waals surface area contributed by atoms with Gasteiger partial charge in [-0.25, -0.2) is 0 Å². The van der Waals surface area contributed by atoms with Crippen LogP contribution in [0, 0.1) is 11.3 Å². The first-order valence-corrected chi connectivity index (χ1v) is 5.54. The lowest BCUT2D eigenvalue weighted by Gasteiger charge is -2.28. The Hall–Kier alpha value is -0.570. The van der Waals surface area contributed by atoms with E-state index < -0.39 is 0 Å². The van der Waals surface area contributed by atoms with E-state index in [9.17, 15) is 0 Å². The van der Waals surface area contributed by atoms with E-state index in [4.69, 9.17) is 11.1 Å². The van der Waals surface area contributed by atoms with Crippen LogP contribution in [-0.4, -0.2) is 29.9 Å². The highest BCUT2D eigenvalue weighted by Gasteiger charge is 2.12. The molecule has 0 saturated heterocycles. The number of rotatable bonds is 7. The zero-order valence-electron chi connectivity index (χ0n) is 10.0. The summed E-state index contributed by atoms with van der Waals surface area (Å²) in [5, 5.41) is 7.21. The molecule has 0 aliphatic heterocycles. The van der Waals surface area contributed by atoms with Crippen molar-refractivity contribution in [2.24, 2.45) is 11.7 Å². The Labute approximate surface area is 88.2 Å². The Bertz CT molecular complexity index is 166. The zero-order chi connectivity index (χ0) is 11.1. The predicted molar refractivity (Wildman–Crippen MR) is 62.7 cm³/mol. The van der Waals surface area contributed by atoms with Crippen LogP contribution in [-0.2, 0) is 0 Å². The SMILES string of the molecule is CCC(C)CN(CCC(=N)N)C(C)C. The standard InChI is InChI=1S/C11H25N3/c1-5-10(4)8-14(9(2)3)7-6-11(12)13/h9-10H,5-8H2,1-4H3,(H3,12,13). The summed E-state index contributed by atoms with van der Waals surface area (Å²) in [5.74, 6) is 1.02. The molecule has 0 saturated carbocycles. The molecule has 1 unspecified atom stereocenters. The second-order valence-electron chi connectivity index (χ2n) is 4.38. The molecule has 84 valence electrons. The van der Waals surface area contributed by atoms with Crippen molar-refractivity contribution in [2.45, 2.75) is 46.6 Å². The van der Waals surface area contributed by atoms with Crippen LogP contribution < -0.4 is 5.73 Å². The van der Waals surface area contributed by atoms with Crippen LogP contribution in [0.15, 0.2) is 0 Å². The summed E-state index contributed by atoms with van der Waals surface area (Å²) in [4.78, 5) is 2.40. The van der Waals surface area contributed by atoms with Crippen molar-refractivity contribution in [3.63, 3.8) is 0 Å². The van der Waals surface area contributed by atoms with Gasteiger partial charge in [-0.05, 0) is 19.8 Å². The maximum absolute atomic E-state index is 7.21. The highest BCUT2D eigenvalue weighted by molar-refractivity contribution is 5.76. The van der Waals surface area contributed by atoms with Crippen LogP contribution in [0.25, 0.3) is 0 Å². The summed E-state index contributed by atoms with van der Waals surface area (Å²) >= 11 is 0. The average Bonchev–Trinajstić information content (AvgIpc) is 2.10. The molecule has 0 aromatic heterocycles. The van der Waals surface area contributed by atoms with Gasteiger partial charge in [0.25, 0.3) is 0 Å². The number of hydrogen-bond acceptors (Lipinski definition) is 2. The van der Waals surface area contributed by atoms with Gasteiger partial charge < -0.3 is 10.6 Å². The number of nitrogens with zero attached hydrogens (tertiary/aromatic N) is 1. The highest BCUT2D eigenvalue weighted by Crippen LogP contribution is 2.08. The molecule has 14 heavy (non-hydrogen) atoms. The van der Waals surface area contributed by atoms with E-state index in [0.29, 0.717) is 18.3 Å². The Balaban J connectivity index is 3.95. The summed E-state index contributed by atoms with van der Waals surface area (Å²) in [6.45, 7) is 10.9. The lowest BCUT2D eigenvalue weighted by Crippen LogP contribution is -2.36. The van der Waals surface area contributed by atoms with Crippen molar-refractivity contribution >= 4 is 5.84 Å². The average molecular weight is 199 g/mol. The summed E-state index contributed by atoms with van der Waals surface area (Å²) in [7, 11) is 0. The van der Waals surface area contributed by atoms with E-state index in [1.54, 1.807) is 0 Å². The molecule has 0 aliphatic carbocycles. The van der Waals surface area contributed by atoms with Crippen molar-refractivity contribution in [3.8, 4) is 0 Å². The molecule has 0 amide bonds. The third kappa shape index (κ3) is 5.97. The van der Waals surface area contributed by atoms with Gasteiger partial charge in [-0.15, -0.1) is 0 Å². The molecule has 0 radical (unpaired) electrons. The highest BCUT2D eigenvalue weighted by atomic mass is 15.1. The summed E-state index contributed by atoms with van der Waals surface area (Å²) in [6.07, 6.45) is 1.90. The van der Waals surface area contributed by atoms with Crippen molar-refractivity contribution in [3.05, 3.63) is 0 Å². The first-order valence-electron chi connectivity index (χ1n) is 5.54. The summed E-state index contributed by atoms with van der Waals surface area (Å²) in [6, 6.07) is 0.545. The molecule has 0 spiro atoms. The third-order valence-electron chi connectivity index (χ3n) is 2.64. The number of nitrogens with two attached hydrogens (primary N) is 1. The van der Waals surface area contributed by atoms with Crippen LogP contribution in [0.3, 0.4) is 0 Å². The lowest BCUT2D eigenvalue weighted by molar-refractivity contribution is 0.195. The number of nitrogens with one attached hydrogen (secondary N) is 1. The Morgan fingerprint density at radius 2 is 1.93 bits per heavy atom. The molecule has 3 nitrogen and oxygen atoms in total. The molecule has 0 aromatic carbocycles. The number of hydrogen-bond donors (Lipinski definition) is 2. The van der Waals surface area contributed by atoms with Gasteiger partial charge in [-0.2, -0.15) is 0 Å². The fourth-order valence-corrected chi connectivity index (χ4v) is 1.35. The molecule has 0 fully saturated rings. The van der Waals surface area contributed by atoms with Crippen LogP contribution in [0.2, 0.25) is 0 Å². The van der Waals surface area contributed by atoms with Crippen molar-refractivity contribution in [2.75, 3.05) is 13.1 Å². The largest absolute Gasteiger partial charge is 0.388 e. The van der Waals surface area contributed by atoms with E-state index in [1.807, 2.05) is 0 Å². The summed E-state index contributed by atoms with van der Waals surface area (Å²) < 4.78 is 0. The molecule has 0 rings (SSSR count). The van der Waals surface area contributed by atoms with E-state index in [-0.39, 0.29) is 0 Å². The van der Waals surface area contributed by atoms with E-state index >= 15 is 0 Å². The maximum atomic E-state index is 7.21. The Morgan fingerprint density at radius 1 is 1.36 bits per heavy atom. The zero-order valence-corrected chi connectivity index (χ0v) is 10.0. The minimum Gasteiger partial charge on any atom is -0.388 e. The van der Waals surface area contributed by atoms with Crippen molar-refractivity contribution in [1.82, 2.24) is 4.90 Å². The minimum absolute atomic E-state index is 0.291. The molecule has 3 heteroatoms. The van der Waals surface area contributed by atoms with E-state index in [0.717, 1.165) is 19.0 Å². The summed E-state index contributed by atoms with van der Waals surface area (Å²) in [5.41, 5.74) is 5.36. The van der Waals surface area contributed by atoms with Gasteiger partial charge in [-0.3, -0.25) is 5.41 Å². The molecular formula is C11H25N3. The van der Waals surface area contributed by atoms with Gasteiger partial charge in [0.15, 0.2) is 0 Å². The van der Waals surface area contributed by atoms with Crippen LogP contribution >= 0.6 is 0 Å². The normalized spacial score (nSPS) is 13.6. The molecule has 0 bridgehead atoms. The van der Waals surface area contributed by atoms with Gasteiger partial charge in [0, 0.05) is 25.6 Å². The third-order valence-corrected chi connectivity index (χ3v) is 2.64. The molecule has 3 N–H and O–H groups in total. The smallest absolute Gasteiger partial charge is 0.0918 e. The van der Waals surface area contributed by atoms with Crippen LogP contribution in [0.4, 0.5) is 0 Å². The van der Waals surface area contributed by atoms with Gasteiger partial charge in [0.1, 0.15) is 0 Å². The van der Waals surface area contributed by atoms with Crippen molar-refractivity contribution in [1.29, 1.82) is 5.41 Å². The number of amidine groups is 1. The molecule has 0 aliphatic rings.